The third kappa shape index (κ3) is 4.20. The van der Waals surface area contributed by atoms with E-state index in [2.05, 4.69) is 41.1 Å². The zero-order valence-corrected chi connectivity index (χ0v) is 12.4. The zero-order valence-electron chi connectivity index (χ0n) is 12.4. The Morgan fingerprint density at radius 1 is 1.32 bits per heavy atom. The van der Waals surface area contributed by atoms with Crippen LogP contribution in [-0.2, 0) is 6.42 Å². The summed E-state index contributed by atoms with van der Waals surface area (Å²) < 4.78 is 5.39. The molecule has 2 rings (SSSR count). The van der Waals surface area contributed by atoms with Crippen molar-refractivity contribution in [3.8, 4) is 0 Å². The second kappa shape index (κ2) is 6.89. The highest BCUT2D eigenvalue weighted by Crippen LogP contribution is 2.17. The Labute approximate surface area is 115 Å². The van der Waals surface area contributed by atoms with Crippen LogP contribution < -0.4 is 10.2 Å². The van der Waals surface area contributed by atoms with Crippen molar-refractivity contribution in [2.75, 3.05) is 24.5 Å². The molecule has 1 unspecified atom stereocenters. The maximum Gasteiger partial charge on any atom is 0.266 e. The maximum atomic E-state index is 5.39. The van der Waals surface area contributed by atoms with Gasteiger partial charge in [-0.2, -0.15) is 4.98 Å². The molecule has 1 fully saturated rings. The predicted octanol–water partition coefficient (Wildman–Crippen LogP) is 2.24. The number of rotatable bonds is 7. The Morgan fingerprint density at radius 3 is 2.68 bits per heavy atom. The fourth-order valence-electron chi connectivity index (χ4n) is 2.68. The molecule has 1 aromatic heterocycles. The van der Waals surface area contributed by atoms with E-state index in [4.69, 9.17) is 4.52 Å². The Kier molecular flexibility index (Phi) is 5.19. The number of nitrogens with zero attached hydrogens (tertiary/aromatic N) is 3. The number of hydrogen-bond acceptors (Lipinski definition) is 5. The number of aromatic nitrogens is 2. The normalized spacial score (nSPS) is 17.4. The first kappa shape index (κ1) is 14.3. The van der Waals surface area contributed by atoms with Crippen LogP contribution in [0.2, 0.25) is 0 Å². The van der Waals surface area contributed by atoms with Gasteiger partial charge < -0.3 is 14.7 Å². The average Bonchev–Trinajstić information content (AvgIpc) is 2.97. The van der Waals surface area contributed by atoms with E-state index in [-0.39, 0.29) is 0 Å². The highest BCUT2D eigenvalue weighted by atomic mass is 16.5. The molecule has 1 aliphatic heterocycles. The van der Waals surface area contributed by atoms with E-state index in [0.717, 1.165) is 44.3 Å². The maximum absolute atomic E-state index is 5.39. The van der Waals surface area contributed by atoms with Crippen LogP contribution in [0, 0.1) is 5.92 Å². The molecule has 0 bridgehead atoms. The second-order valence-corrected chi connectivity index (χ2v) is 5.77. The van der Waals surface area contributed by atoms with Crippen LogP contribution >= 0.6 is 0 Å². The minimum absolute atomic E-state index is 0.428. The Morgan fingerprint density at radius 2 is 2.05 bits per heavy atom. The number of nitrogens with one attached hydrogen (secondary N) is 1. The molecule has 1 N–H and O–H groups in total. The van der Waals surface area contributed by atoms with E-state index in [0.29, 0.717) is 12.0 Å². The topological polar surface area (TPSA) is 54.2 Å². The molecule has 1 aliphatic rings. The van der Waals surface area contributed by atoms with Gasteiger partial charge in [-0.05, 0) is 36.9 Å². The van der Waals surface area contributed by atoms with Gasteiger partial charge in [0.25, 0.3) is 5.95 Å². The Hall–Kier alpha value is -1.10. The van der Waals surface area contributed by atoms with E-state index in [9.17, 15) is 0 Å². The standard InChI is InChI=1S/C14H26N4O/c1-4-15-12(9-11(2)3)10-13-16-14(17-19-13)18-7-5-6-8-18/h11-12,15H,4-10H2,1-3H3. The zero-order chi connectivity index (χ0) is 13.7. The minimum Gasteiger partial charge on any atom is -0.338 e. The lowest BCUT2D eigenvalue weighted by atomic mass is 10.0. The summed E-state index contributed by atoms with van der Waals surface area (Å²) in [5.41, 5.74) is 0. The van der Waals surface area contributed by atoms with Crippen LogP contribution in [0.25, 0.3) is 0 Å². The lowest BCUT2D eigenvalue weighted by Crippen LogP contribution is -2.32. The van der Waals surface area contributed by atoms with Crippen molar-refractivity contribution in [3.63, 3.8) is 0 Å². The van der Waals surface area contributed by atoms with Gasteiger partial charge >= 0.3 is 0 Å². The van der Waals surface area contributed by atoms with Crippen LogP contribution in [0.4, 0.5) is 5.95 Å². The molecule has 0 aromatic carbocycles. The van der Waals surface area contributed by atoms with Crippen molar-refractivity contribution < 1.29 is 4.52 Å². The lowest BCUT2D eigenvalue weighted by molar-refractivity contribution is 0.340. The van der Waals surface area contributed by atoms with Gasteiger partial charge in [0.15, 0.2) is 0 Å². The van der Waals surface area contributed by atoms with Gasteiger partial charge in [-0.15, -0.1) is 0 Å². The molecule has 0 radical (unpaired) electrons. The van der Waals surface area contributed by atoms with Gasteiger partial charge in [0.2, 0.25) is 5.89 Å². The highest BCUT2D eigenvalue weighted by Gasteiger charge is 2.20. The van der Waals surface area contributed by atoms with Crippen LogP contribution in [0.15, 0.2) is 4.52 Å². The van der Waals surface area contributed by atoms with Gasteiger partial charge in [0.1, 0.15) is 0 Å². The summed E-state index contributed by atoms with van der Waals surface area (Å²) in [5, 5.41) is 7.60. The molecule has 0 amide bonds. The molecule has 0 spiro atoms. The Bertz CT molecular complexity index is 371. The van der Waals surface area contributed by atoms with Crippen molar-refractivity contribution >= 4 is 5.95 Å². The fourth-order valence-corrected chi connectivity index (χ4v) is 2.68. The molecular formula is C14H26N4O. The molecule has 2 heterocycles. The smallest absolute Gasteiger partial charge is 0.266 e. The van der Waals surface area contributed by atoms with Gasteiger partial charge in [-0.3, -0.25) is 0 Å². The van der Waals surface area contributed by atoms with E-state index in [1.165, 1.54) is 12.8 Å². The summed E-state index contributed by atoms with van der Waals surface area (Å²) in [6.07, 6.45) is 4.43. The van der Waals surface area contributed by atoms with Crippen molar-refractivity contribution in [2.24, 2.45) is 5.92 Å². The molecule has 1 saturated heterocycles. The number of likely N-dealkylation sites (N-methyl/N-ethyl adjacent to an activating group) is 1. The predicted molar refractivity (Wildman–Crippen MR) is 76.4 cm³/mol. The van der Waals surface area contributed by atoms with Crippen LogP contribution in [0.3, 0.4) is 0 Å². The molecule has 5 heteroatoms. The molecular weight excluding hydrogens is 240 g/mol. The van der Waals surface area contributed by atoms with E-state index >= 15 is 0 Å². The van der Waals surface area contributed by atoms with E-state index in [1.807, 2.05) is 0 Å². The first-order valence-electron chi connectivity index (χ1n) is 7.50. The van der Waals surface area contributed by atoms with E-state index < -0.39 is 0 Å². The molecule has 1 atom stereocenters. The average molecular weight is 266 g/mol. The third-order valence-electron chi connectivity index (χ3n) is 3.52. The molecule has 1 aromatic rings. The molecule has 0 saturated carbocycles. The largest absolute Gasteiger partial charge is 0.338 e. The van der Waals surface area contributed by atoms with Crippen molar-refractivity contribution in [1.82, 2.24) is 15.5 Å². The lowest BCUT2D eigenvalue weighted by Gasteiger charge is -2.17. The summed E-state index contributed by atoms with van der Waals surface area (Å²) >= 11 is 0. The molecule has 108 valence electrons. The SMILES string of the molecule is CCNC(Cc1nc(N2CCCC2)no1)CC(C)C. The number of anilines is 1. The fraction of sp³-hybridized carbons (Fsp3) is 0.857. The summed E-state index contributed by atoms with van der Waals surface area (Å²) in [5.74, 6) is 2.20. The first-order valence-corrected chi connectivity index (χ1v) is 7.50. The van der Waals surface area contributed by atoms with Gasteiger partial charge in [-0.25, -0.2) is 0 Å². The Balaban J connectivity index is 1.92. The third-order valence-corrected chi connectivity index (χ3v) is 3.52. The summed E-state index contributed by atoms with van der Waals surface area (Å²) in [6.45, 7) is 9.71. The summed E-state index contributed by atoms with van der Waals surface area (Å²) in [6, 6.07) is 0.428. The molecule has 19 heavy (non-hydrogen) atoms. The molecule has 0 aliphatic carbocycles. The summed E-state index contributed by atoms with van der Waals surface area (Å²) in [4.78, 5) is 6.74. The summed E-state index contributed by atoms with van der Waals surface area (Å²) in [7, 11) is 0. The van der Waals surface area contributed by atoms with Crippen molar-refractivity contribution in [2.45, 2.75) is 52.5 Å². The number of hydrogen-bond donors (Lipinski definition) is 1. The van der Waals surface area contributed by atoms with Crippen LogP contribution in [0.5, 0.6) is 0 Å². The van der Waals surface area contributed by atoms with Crippen LogP contribution in [0.1, 0.15) is 45.9 Å². The first-order chi connectivity index (χ1) is 9.19. The van der Waals surface area contributed by atoms with Gasteiger partial charge in [-0.1, -0.05) is 20.8 Å². The minimum atomic E-state index is 0.428. The second-order valence-electron chi connectivity index (χ2n) is 5.77. The van der Waals surface area contributed by atoms with E-state index in [1.54, 1.807) is 0 Å². The highest BCUT2D eigenvalue weighted by molar-refractivity contribution is 5.28. The van der Waals surface area contributed by atoms with Crippen LogP contribution in [-0.4, -0.2) is 35.8 Å². The van der Waals surface area contributed by atoms with Gasteiger partial charge in [0, 0.05) is 25.6 Å². The van der Waals surface area contributed by atoms with Gasteiger partial charge in [0.05, 0.1) is 0 Å². The van der Waals surface area contributed by atoms with Crippen molar-refractivity contribution in [1.29, 1.82) is 0 Å². The monoisotopic (exact) mass is 266 g/mol. The van der Waals surface area contributed by atoms with Crippen molar-refractivity contribution in [3.05, 3.63) is 5.89 Å². The quantitative estimate of drug-likeness (QED) is 0.820. The molecule has 5 nitrogen and oxygen atoms in total.